The summed E-state index contributed by atoms with van der Waals surface area (Å²) in [6.45, 7) is -0.0571. The lowest BCUT2D eigenvalue weighted by Crippen LogP contribution is -2.33. The second kappa shape index (κ2) is 8.27. The van der Waals surface area contributed by atoms with Crippen LogP contribution in [0.25, 0.3) is 0 Å². The van der Waals surface area contributed by atoms with Crippen LogP contribution in [0.5, 0.6) is 0 Å². The van der Waals surface area contributed by atoms with Gasteiger partial charge in [-0.2, -0.15) is 0 Å². The summed E-state index contributed by atoms with van der Waals surface area (Å²) < 4.78 is 0. The van der Waals surface area contributed by atoms with Crippen molar-refractivity contribution in [1.82, 2.24) is 5.32 Å². The van der Waals surface area contributed by atoms with E-state index in [4.69, 9.17) is 58.0 Å². The summed E-state index contributed by atoms with van der Waals surface area (Å²) in [6, 6.07) is 5.75. The van der Waals surface area contributed by atoms with E-state index in [9.17, 15) is 14.7 Å². The maximum Gasteiger partial charge on any atom is 0.323 e. The molecule has 0 atom stereocenters. The van der Waals surface area contributed by atoms with Gasteiger partial charge in [0.1, 0.15) is 11.5 Å². The molecule has 0 aromatic heterocycles. The van der Waals surface area contributed by atoms with Crippen LogP contribution >= 0.6 is 58.0 Å². The minimum Gasteiger partial charge on any atom is -0.508 e. The minimum atomic E-state index is -0.896. The molecule has 1 heterocycles. The van der Waals surface area contributed by atoms with Crippen LogP contribution in [0.4, 0.5) is 16.2 Å². The first-order valence-electron chi connectivity index (χ1n) is 7.61. The van der Waals surface area contributed by atoms with Gasteiger partial charge in [-0.05, 0) is 12.1 Å². The molecule has 2 aromatic carbocycles. The maximum absolute atomic E-state index is 12.7. The second-order valence-electron chi connectivity index (χ2n) is 5.57. The fraction of sp³-hybridized carbons (Fsp3) is 0.0588. The van der Waals surface area contributed by atoms with E-state index >= 15 is 0 Å². The minimum absolute atomic E-state index is 0.0571. The lowest BCUT2D eigenvalue weighted by Gasteiger charge is -2.15. The van der Waals surface area contributed by atoms with E-state index in [-0.39, 0.29) is 54.4 Å². The fourth-order valence-corrected chi connectivity index (χ4v) is 3.70. The Morgan fingerprint density at radius 1 is 0.929 bits per heavy atom. The predicted molar refractivity (Wildman–Crippen MR) is 113 cm³/mol. The van der Waals surface area contributed by atoms with Crippen molar-refractivity contribution in [3.8, 4) is 0 Å². The Kier molecular flexibility index (Phi) is 6.17. The summed E-state index contributed by atoms with van der Waals surface area (Å²) in [5, 5.41) is 17.2. The molecular formula is C17H10Cl5N3O3. The van der Waals surface area contributed by atoms with Gasteiger partial charge in [-0.3, -0.25) is 4.79 Å². The number of carbonyl (C=O) groups excluding carboxylic acids is 2. The van der Waals surface area contributed by atoms with Crippen molar-refractivity contribution in [1.29, 1.82) is 0 Å². The topological polar surface area (TPSA) is 90.5 Å². The average Bonchev–Trinajstić information content (AvgIpc) is 2.80. The molecule has 4 N–H and O–H groups in total. The van der Waals surface area contributed by atoms with Crippen LogP contribution < -0.4 is 16.0 Å². The number of aliphatic hydroxyl groups excluding tert-OH is 1. The third-order valence-corrected chi connectivity index (χ3v) is 6.10. The molecule has 1 aliphatic heterocycles. The van der Waals surface area contributed by atoms with Crippen LogP contribution in [0.2, 0.25) is 25.1 Å². The van der Waals surface area contributed by atoms with Gasteiger partial charge >= 0.3 is 6.03 Å². The highest BCUT2D eigenvalue weighted by Gasteiger charge is 2.26. The number of allylic oxidation sites excluding steroid dienone is 1. The third-order valence-electron chi connectivity index (χ3n) is 3.82. The number of carbonyl (C=O) groups is 2. The van der Waals surface area contributed by atoms with Crippen molar-refractivity contribution in [3.63, 3.8) is 0 Å². The zero-order valence-corrected chi connectivity index (χ0v) is 17.4. The van der Waals surface area contributed by atoms with Gasteiger partial charge in [0, 0.05) is 11.3 Å². The van der Waals surface area contributed by atoms with Crippen LogP contribution in [-0.2, 0) is 0 Å². The molecule has 28 heavy (non-hydrogen) atoms. The highest BCUT2D eigenvalue weighted by atomic mass is 35.5. The maximum atomic E-state index is 12.7. The number of benzene rings is 2. The predicted octanol–water partition coefficient (Wildman–Crippen LogP) is 6.15. The SMILES string of the molecule is O=C(NC1=C(O)CNc2ccccc2C1=O)Nc1c(Cl)c(Cl)c(Cl)c(Cl)c1Cl. The lowest BCUT2D eigenvalue weighted by molar-refractivity contribution is 0.102. The average molecular weight is 482 g/mol. The molecule has 146 valence electrons. The largest absolute Gasteiger partial charge is 0.508 e. The molecule has 1 aliphatic rings. The highest BCUT2D eigenvalue weighted by Crippen LogP contribution is 2.46. The molecule has 0 fully saturated rings. The Hall–Kier alpha value is -1.83. The number of fused-ring (bicyclic) bond motifs is 1. The quantitative estimate of drug-likeness (QED) is 0.306. The number of urea groups is 1. The van der Waals surface area contributed by atoms with Crippen molar-refractivity contribution >= 4 is 81.2 Å². The molecule has 0 bridgehead atoms. The van der Waals surface area contributed by atoms with Gasteiger partial charge in [-0.15, -0.1) is 0 Å². The van der Waals surface area contributed by atoms with Gasteiger partial charge in [0.2, 0.25) is 5.78 Å². The van der Waals surface area contributed by atoms with E-state index in [2.05, 4.69) is 16.0 Å². The Morgan fingerprint density at radius 3 is 2.14 bits per heavy atom. The summed E-state index contributed by atoms with van der Waals surface area (Å²) in [7, 11) is 0. The molecule has 0 spiro atoms. The Labute approximate surface area is 184 Å². The third kappa shape index (κ3) is 3.83. The van der Waals surface area contributed by atoms with Crippen LogP contribution in [0.15, 0.2) is 35.7 Å². The van der Waals surface area contributed by atoms with E-state index in [0.29, 0.717) is 5.69 Å². The molecule has 2 aromatic rings. The van der Waals surface area contributed by atoms with Crippen molar-refractivity contribution in [3.05, 3.63) is 66.4 Å². The van der Waals surface area contributed by atoms with Gasteiger partial charge in [-0.1, -0.05) is 70.1 Å². The number of para-hydroxylation sites is 1. The number of aliphatic hydroxyl groups is 1. The summed E-state index contributed by atoms with van der Waals surface area (Å²) in [6.07, 6.45) is 0. The van der Waals surface area contributed by atoms with E-state index < -0.39 is 11.8 Å². The van der Waals surface area contributed by atoms with Crippen LogP contribution in [0, 0.1) is 0 Å². The van der Waals surface area contributed by atoms with Crippen molar-refractivity contribution in [2.24, 2.45) is 0 Å². The zero-order valence-electron chi connectivity index (χ0n) is 13.7. The van der Waals surface area contributed by atoms with Gasteiger partial charge in [0.25, 0.3) is 0 Å². The summed E-state index contributed by atoms with van der Waals surface area (Å²) in [5.41, 5.74) is 0.419. The number of halogens is 5. The van der Waals surface area contributed by atoms with Gasteiger partial charge in [0.05, 0.1) is 37.3 Å². The fourth-order valence-electron chi connectivity index (χ4n) is 2.47. The molecule has 0 aliphatic carbocycles. The van der Waals surface area contributed by atoms with Crippen molar-refractivity contribution in [2.75, 3.05) is 17.2 Å². The number of hydrogen-bond acceptors (Lipinski definition) is 4. The summed E-state index contributed by atoms with van der Waals surface area (Å²) >= 11 is 30.0. The monoisotopic (exact) mass is 479 g/mol. The van der Waals surface area contributed by atoms with Crippen LogP contribution in [0.3, 0.4) is 0 Å². The molecule has 0 saturated carbocycles. The highest BCUT2D eigenvalue weighted by molar-refractivity contribution is 6.56. The number of ketones is 1. The molecule has 0 saturated heterocycles. The molecule has 0 radical (unpaired) electrons. The van der Waals surface area contributed by atoms with Gasteiger partial charge in [-0.25, -0.2) is 4.79 Å². The number of nitrogens with one attached hydrogen (secondary N) is 3. The Bertz CT molecular complexity index is 1010. The normalized spacial score (nSPS) is 13.5. The second-order valence-corrected chi connectivity index (χ2v) is 7.46. The van der Waals surface area contributed by atoms with Gasteiger partial charge < -0.3 is 21.1 Å². The summed E-state index contributed by atoms with van der Waals surface area (Å²) in [4.78, 5) is 25.1. The number of rotatable bonds is 2. The van der Waals surface area contributed by atoms with E-state index in [1.165, 1.54) is 0 Å². The number of amides is 2. The number of Topliss-reactive ketones (excluding diaryl/α,β-unsaturated/α-hetero) is 1. The van der Waals surface area contributed by atoms with E-state index in [1.807, 2.05) is 0 Å². The molecule has 6 nitrogen and oxygen atoms in total. The van der Waals surface area contributed by atoms with Crippen molar-refractivity contribution in [2.45, 2.75) is 0 Å². The molecule has 3 rings (SSSR count). The van der Waals surface area contributed by atoms with Crippen molar-refractivity contribution < 1.29 is 14.7 Å². The molecule has 0 unspecified atom stereocenters. The number of hydrogen-bond donors (Lipinski definition) is 4. The molecule has 2 amide bonds. The first kappa shape index (κ1) is 20.9. The zero-order chi connectivity index (χ0) is 20.6. The Morgan fingerprint density at radius 2 is 1.50 bits per heavy atom. The van der Waals surface area contributed by atoms with E-state index in [0.717, 1.165) is 0 Å². The first-order chi connectivity index (χ1) is 13.2. The number of anilines is 2. The van der Waals surface area contributed by atoms with Crippen LogP contribution in [0.1, 0.15) is 10.4 Å². The first-order valence-corrected chi connectivity index (χ1v) is 9.50. The Balaban J connectivity index is 1.89. The standard InChI is InChI=1S/C17H10Cl5N3O3/c18-9-10(19)12(21)15(13(22)11(9)20)25-17(28)24-14-8(26)5-23-7-4-2-1-3-6(7)16(14)27/h1-4,23,26H,5H2,(H2,24,25,28). The smallest absolute Gasteiger partial charge is 0.323 e. The van der Waals surface area contributed by atoms with E-state index in [1.54, 1.807) is 24.3 Å². The summed E-state index contributed by atoms with van der Waals surface area (Å²) in [5.74, 6) is -0.918. The molecule has 11 heteroatoms. The van der Waals surface area contributed by atoms with Crippen LogP contribution in [-0.4, -0.2) is 23.5 Å². The molecular weight excluding hydrogens is 471 g/mol. The lowest BCUT2D eigenvalue weighted by atomic mass is 10.1. The van der Waals surface area contributed by atoms with Gasteiger partial charge in [0.15, 0.2) is 0 Å².